The van der Waals surface area contributed by atoms with Crippen LogP contribution >= 0.6 is 0 Å². The smallest absolute Gasteiger partial charge is 0.325 e. The molecule has 0 saturated carbocycles. The molecule has 2 aromatic carbocycles. The van der Waals surface area contributed by atoms with Crippen LogP contribution in [0.4, 0.5) is 5.69 Å². The Kier molecular flexibility index (Phi) is 8.21. The molecule has 2 aromatic rings. The first kappa shape index (κ1) is 21.2. The molecule has 0 saturated heterocycles. The summed E-state index contributed by atoms with van der Waals surface area (Å²) in [4.78, 5) is 35.6. The van der Waals surface area contributed by atoms with Gasteiger partial charge >= 0.3 is 5.97 Å². The van der Waals surface area contributed by atoms with Crippen molar-refractivity contribution in [2.75, 3.05) is 18.5 Å². The lowest BCUT2D eigenvalue weighted by Crippen LogP contribution is -2.32. The average Bonchev–Trinajstić information content (AvgIpc) is 2.70. The molecule has 148 valence electrons. The first-order valence-corrected chi connectivity index (χ1v) is 9.37. The summed E-state index contributed by atoms with van der Waals surface area (Å²) in [6.07, 6.45) is 3.27. The zero-order chi connectivity index (χ0) is 20.4. The molecule has 0 fully saturated rings. The van der Waals surface area contributed by atoms with Gasteiger partial charge in [-0.3, -0.25) is 14.4 Å². The third-order valence-electron chi connectivity index (χ3n) is 4.09. The number of nitrogens with one attached hydrogen (secondary N) is 2. The highest BCUT2D eigenvalue weighted by Gasteiger charge is 2.11. The quantitative estimate of drug-likeness (QED) is 0.652. The van der Waals surface area contributed by atoms with E-state index in [1.165, 1.54) is 5.56 Å². The van der Waals surface area contributed by atoms with Crippen molar-refractivity contribution in [3.63, 3.8) is 0 Å². The molecule has 0 aliphatic heterocycles. The highest BCUT2D eigenvalue weighted by atomic mass is 16.5. The number of aryl methyl sites for hydroxylation is 2. The number of ether oxygens (including phenoxy) is 1. The fourth-order valence-corrected chi connectivity index (χ4v) is 2.57. The van der Waals surface area contributed by atoms with Crippen LogP contribution in [0.5, 0.6) is 0 Å². The van der Waals surface area contributed by atoms with Crippen molar-refractivity contribution in [2.24, 2.45) is 0 Å². The van der Waals surface area contributed by atoms with Gasteiger partial charge in [0, 0.05) is 11.3 Å². The van der Waals surface area contributed by atoms with Crippen LogP contribution in [0, 0.1) is 6.92 Å². The maximum absolute atomic E-state index is 12.0. The second-order valence-electron chi connectivity index (χ2n) is 6.56. The number of rotatable bonds is 9. The molecule has 0 aromatic heterocycles. The molecule has 0 heterocycles. The molecule has 0 spiro atoms. The Morgan fingerprint density at radius 2 is 1.79 bits per heavy atom. The van der Waals surface area contributed by atoms with Crippen molar-refractivity contribution in [3.8, 4) is 0 Å². The highest BCUT2D eigenvalue weighted by molar-refractivity contribution is 5.96. The second-order valence-corrected chi connectivity index (χ2v) is 6.56. The van der Waals surface area contributed by atoms with E-state index in [2.05, 4.69) is 17.6 Å². The summed E-state index contributed by atoms with van der Waals surface area (Å²) in [6.45, 7) is 3.31. The topological polar surface area (TPSA) is 84.5 Å². The van der Waals surface area contributed by atoms with E-state index in [1.807, 2.05) is 37.3 Å². The fourth-order valence-electron chi connectivity index (χ4n) is 2.57. The Morgan fingerprint density at radius 3 is 2.46 bits per heavy atom. The first-order valence-electron chi connectivity index (χ1n) is 9.37. The Bertz CT molecular complexity index is 816. The van der Waals surface area contributed by atoms with Gasteiger partial charge < -0.3 is 15.4 Å². The van der Waals surface area contributed by atoms with Gasteiger partial charge in [0.25, 0.3) is 11.8 Å². The molecule has 28 heavy (non-hydrogen) atoms. The Hall–Kier alpha value is -3.15. The zero-order valence-electron chi connectivity index (χ0n) is 16.3. The minimum atomic E-state index is -0.675. The molecule has 0 bridgehead atoms. The predicted molar refractivity (Wildman–Crippen MR) is 108 cm³/mol. The van der Waals surface area contributed by atoms with Crippen molar-refractivity contribution in [1.29, 1.82) is 0 Å². The van der Waals surface area contributed by atoms with Crippen LogP contribution in [0.2, 0.25) is 0 Å². The third-order valence-corrected chi connectivity index (χ3v) is 4.09. The molecule has 2 rings (SSSR count). The summed E-state index contributed by atoms with van der Waals surface area (Å²) in [5.74, 6) is -1.47. The zero-order valence-corrected chi connectivity index (χ0v) is 16.3. The molecule has 6 nitrogen and oxygen atoms in total. The molecule has 2 N–H and O–H groups in total. The molecular weight excluding hydrogens is 356 g/mol. The van der Waals surface area contributed by atoms with Crippen LogP contribution < -0.4 is 10.6 Å². The van der Waals surface area contributed by atoms with Crippen molar-refractivity contribution >= 4 is 23.5 Å². The summed E-state index contributed by atoms with van der Waals surface area (Å²) >= 11 is 0. The normalized spacial score (nSPS) is 10.2. The number of unbranched alkanes of at least 4 members (excludes halogenated alkanes) is 1. The van der Waals surface area contributed by atoms with E-state index in [0.29, 0.717) is 11.3 Å². The van der Waals surface area contributed by atoms with Gasteiger partial charge in [0.05, 0.1) is 0 Å². The molecular formula is C22H26N2O4. The monoisotopic (exact) mass is 382 g/mol. The van der Waals surface area contributed by atoms with Gasteiger partial charge in [0.1, 0.15) is 6.54 Å². The average molecular weight is 382 g/mol. The third kappa shape index (κ3) is 7.23. The number of carbonyl (C=O) groups is 3. The summed E-state index contributed by atoms with van der Waals surface area (Å²) in [7, 11) is 0. The molecule has 0 atom stereocenters. The van der Waals surface area contributed by atoms with Crippen LogP contribution in [0.3, 0.4) is 0 Å². The Balaban J connectivity index is 1.70. The molecule has 6 heteroatoms. The minimum absolute atomic E-state index is 0.299. The maximum Gasteiger partial charge on any atom is 0.325 e. The van der Waals surface area contributed by atoms with E-state index in [4.69, 9.17) is 4.74 Å². The summed E-state index contributed by atoms with van der Waals surface area (Å²) in [5.41, 5.74) is 3.28. The maximum atomic E-state index is 12.0. The van der Waals surface area contributed by atoms with E-state index in [0.717, 1.165) is 24.8 Å². The van der Waals surface area contributed by atoms with Crippen molar-refractivity contribution in [1.82, 2.24) is 5.32 Å². The second kappa shape index (κ2) is 10.9. The van der Waals surface area contributed by atoms with Crippen molar-refractivity contribution < 1.29 is 19.1 Å². The van der Waals surface area contributed by atoms with Crippen LogP contribution in [0.15, 0.2) is 48.5 Å². The number of esters is 1. The molecule has 0 aliphatic rings. The predicted octanol–water partition coefficient (Wildman–Crippen LogP) is 3.25. The Labute approximate surface area is 165 Å². The van der Waals surface area contributed by atoms with Gasteiger partial charge in [-0.2, -0.15) is 0 Å². The SMILES string of the molecule is CCCCc1ccc(NC(=O)COC(=O)CNC(=O)c2cccc(C)c2)cc1. The summed E-state index contributed by atoms with van der Waals surface area (Å²) in [5, 5.41) is 5.15. The molecule has 2 amide bonds. The molecule has 0 unspecified atom stereocenters. The van der Waals surface area contributed by atoms with Crippen LogP contribution in [0.25, 0.3) is 0 Å². The van der Waals surface area contributed by atoms with Gasteiger partial charge in [-0.25, -0.2) is 0 Å². The summed E-state index contributed by atoms with van der Waals surface area (Å²) < 4.78 is 4.90. The minimum Gasteiger partial charge on any atom is -0.454 e. The molecule has 0 aliphatic carbocycles. The van der Waals surface area contributed by atoms with Gasteiger partial charge in [0.2, 0.25) is 0 Å². The van der Waals surface area contributed by atoms with Crippen LogP contribution in [-0.2, 0) is 20.7 Å². The number of anilines is 1. The van der Waals surface area contributed by atoms with Gasteiger partial charge in [-0.15, -0.1) is 0 Å². The largest absolute Gasteiger partial charge is 0.454 e. The first-order chi connectivity index (χ1) is 13.5. The highest BCUT2D eigenvalue weighted by Crippen LogP contribution is 2.11. The standard InChI is InChI=1S/C22H26N2O4/c1-3-4-7-17-9-11-19(12-10-17)24-20(25)15-28-21(26)14-23-22(27)18-8-5-6-16(2)13-18/h5-6,8-13H,3-4,7,14-15H2,1-2H3,(H,23,27)(H,24,25). The van der Waals surface area contributed by atoms with E-state index in [-0.39, 0.29) is 12.5 Å². The number of benzene rings is 2. The van der Waals surface area contributed by atoms with Crippen LogP contribution in [-0.4, -0.2) is 30.9 Å². The lowest BCUT2D eigenvalue weighted by atomic mass is 10.1. The lowest BCUT2D eigenvalue weighted by Gasteiger charge is -2.08. The number of carbonyl (C=O) groups excluding carboxylic acids is 3. The van der Waals surface area contributed by atoms with Gasteiger partial charge in [-0.05, 0) is 49.6 Å². The fraction of sp³-hybridized carbons (Fsp3) is 0.318. The van der Waals surface area contributed by atoms with Crippen molar-refractivity contribution in [2.45, 2.75) is 33.1 Å². The lowest BCUT2D eigenvalue weighted by molar-refractivity contribution is -0.146. The summed E-state index contributed by atoms with van der Waals surface area (Å²) in [6, 6.07) is 14.6. The number of amides is 2. The van der Waals surface area contributed by atoms with Gasteiger partial charge in [-0.1, -0.05) is 43.2 Å². The number of hydrogen-bond donors (Lipinski definition) is 2. The van der Waals surface area contributed by atoms with Crippen LogP contribution in [0.1, 0.15) is 41.3 Å². The van der Waals surface area contributed by atoms with E-state index >= 15 is 0 Å². The number of hydrogen-bond acceptors (Lipinski definition) is 4. The van der Waals surface area contributed by atoms with E-state index in [1.54, 1.807) is 18.2 Å². The van der Waals surface area contributed by atoms with Gasteiger partial charge in [0.15, 0.2) is 6.61 Å². The van der Waals surface area contributed by atoms with E-state index in [9.17, 15) is 14.4 Å². The molecule has 0 radical (unpaired) electrons. The Morgan fingerprint density at radius 1 is 1.04 bits per heavy atom. The van der Waals surface area contributed by atoms with Crippen molar-refractivity contribution in [3.05, 3.63) is 65.2 Å². The van der Waals surface area contributed by atoms with E-state index < -0.39 is 18.5 Å².